The highest BCUT2D eigenvalue weighted by molar-refractivity contribution is 7.08. The molecule has 0 aliphatic carbocycles. The Hall–Kier alpha value is -4.37. The molecule has 3 aromatic carbocycles. The Kier molecular flexibility index (Phi) is 12.8. The molecular weight excluding hydrogens is 595 g/mol. The van der Waals surface area contributed by atoms with Gasteiger partial charge in [-0.1, -0.05) is 25.0 Å². The van der Waals surface area contributed by atoms with Gasteiger partial charge in [0.1, 0.15) is 23.1 Å². The summed E-state index contributed by atoms with van der Waals surface area (Å²) in [5, 5.41) is 22.2. The minimum Gasteiger partial charge on any atom is -0.496 e. The van der Waals surface area contributed by atoms with Crippen molar-refractivity contribution in [2.45, 2.75) is 57.8 Å². The van der Waals surface area contributed by atoms with E-state index in [0.29, 0.717) is 42.3 Å². The molecule has 45 heavy (non-hydrogen) atoms. The summed E-state index contributed by atoms with van der Waals surface area (Å²) in [5.74, 6) is -0.144. The van der Waals surface area contributed by atoms with Crippen LogP contribution in [0.3, 0.4) is 0 Å². The van der Waals surface area contributed by atoms with Gasteiger partial charge in [-0.05, 0) is 119 Å². The zero-order valence-corrected chi connectivity index (χ0v) is 26.2. The molecule has 0 amide bonds. The molecule has 9 heteroatoms. The molecule has 0 unspecified atom stereocenters. The van der Waals surface area contributed by atoms with Gasteiger partial charge in [0.2, 0.25) is 0 Å². The monoisotopic (exact) mass is 634 g/mol. The van der Waals surface area contributed by atoms with E-state index in [4.69, 9.17) is 19.3 Å². The fourth-order valence-electron chi connectivity index (χ4n) is 5.20. The second-order valence-electron chi connectivity index (χ2n) is 10.7. The number of hydrogen-bond acceptors (Lipinski definition) is 6. The number of thiophene rings is 1. The largest absolute Gasteiger partial charge is 0.496 e. The van der Waals surface area contributed by atoms with Gasteiger partial charge in [0.05, 0.1) is 20.3 Å². The Balaban J connectivity index is 1.33. The van der Waals surface area contributed by atoms with Gasteiger partial charge in [-0.2, -0.15) is 11.3 Å². The summed E-state index contributed by atoms with van der Waals surface area (Å²) in [7, 11) is 1.57. The van der Waals surface area contributed by atoms with E-state index >= 15 is 0 Å². The van der Waals surface area contributed by atoms with Crippen molar-refractivity contribution in [1.29, 1.82) is 0 Å². The summed E-state index contributed by atoms with van der Waals surface area (Å²) in [5.41, 5.74) is 5.48. The van der Waals surface area contributed by atoms with Crippen molar-refractivity contribution < 1.29 is 38.4 Å². The Morgan fingerprint density at radius 1 is 0.756 bits per heavy atom. The van der Waals surface area contributed by atoms with Gasteiger partial charge in [0, 0.05) is 18.4 Å². The second-order valence-corrected chi connectivity index (χ2v) is 11.5. The number of hydrogen-bond donors (Lipinski definition) is 2. The Bertz CT molecular complexity index is 1550. The quantitative estimate of drug-likeness (QED) is 0.0995. The fourth-order valence-corrected chi connectivity index (χ4v) is 5.87. The number of carbonyl (C=O) groups is 2. The van der Waals surface area contributed by atoms with Crippen molar-refractivity contribution in [1.82, 2.24) is 0 Å². The molecule has 0 atom stereocenters. The smallest absolute Gasteiger partial charge is 0.303 e. The maximum absolute atomic E-state index is 14.2. The number of methoxy groups -OCH3 is 1. The number of carboxylic acid groups (broad SMARTS) is 2. The van der Waals surface area contributed by atoms with Crippen molar-refractivity contribution in [2.75, 3.05) is 20.3 Å². The molecule has 4 rings (SSSR count). The minimum absolute atomic E-state index is 0.00115. The lowest BCUT2D eigenvalue weighted by Crippen LogP contribution is -2.07. The van der Waals surface area contributed by atoms with E-state index in [1.807, 2.05) is 47.8 Å². The van der Waals surface area contributed by atoms with E-state index in [2.05, 4.69) is 5.38 Å². The molecule has 0 spiro atoms. The van der Waals surface area contributed by atoms with Crippen LogP contribution in [0.4, 0.5) is 4.39 Å². The number of aryl methyl sites for hydroxylation is 1. The van der Waals surface area contributed by atoms with E-state index < -0.39 is 11.9 Å². The molecular formula is C36H39FO7S. The molecule has 0 aliphatic rings. The van der Waals surface area contributed by atoms with Crippen LogP contribution in [-0.4, -0.2) is 42.5 Å². The Morgan fingerprint density at radius 2 is 1.53 bits per heavy atom. The standard InChI is InChI=1S/C36H39FO7S/c1-42-33-14-12-29(37)23-32(33)28-20-27(26-16-19-45-24-26)21-30(22-28)43-17-5-3-2-4-8-25-9-6-10-34(31(25)13-15-36(40)41)44-18-7-11-35(38)39/h6,9-10,12,14,16,19-24H,2-5,7-8,11,13,15,17-18H2,1H3,(H,38,39)(H,40,41). The number of carboxylic acids is 2. The molecule has 0 saturated carbocycles. The first-order chi connectivity index (χ1) is 21.8. The van der Waals surface area contributed by atoms with Crippen LogP contribution >= 0.6 is 11.3 Å². The highest BCUT2D eigenvalue weighted by atomic mass is 32.1. The van der Waals surface area contributed by atoms with Crippen molar-refractivity contribution in [3.63, 3.8) is 0 Å². The molecule has 0 fully saturated rings. The third-order valence-electron chi connectivity index (χ3n) is 7.45. The van der Waals surface area contributed by atoms with E-state index in [9.17, 15) is 19.1 Å². The van der Waals surface area contributed by atoms with Crippen LogP contribution in [0.2, 0.25) is 0 Å². The summed E-state index contributed by atoms with van der Waals surface area (Å²) >= 11 is 1.61. The number of aliphatic carboxylic acids is 2. The highest BCUT2D eigenvalue weighted by Gasteiger charge is 2.14. The summed E-state index contributed by atoms with van der Waals surface area (Å²) in [6.07, 6.45) is 5.30. The third-order valence-corrected chi connectivity index (χ3v) is 8.14. The predicted octanol–water partition coefficient (Wildman–Crippen LogP) is 8.67. The lowest BCUT2D eigenvalue weighted by Gasteiger charge is -2.15. The maximum atomic E-state index is 14.2. The average Bonchev–Trinajstić information content (AvgIpc) is 3.57. The van der Waals surface area contributed by atoms with Crippen LogP contribution in [0, 0.1) is 5.82 Å². The molecule has 7 nitrogen and oxygen atoms in total. The molecule has 0 saturated heterocycles. The molecule has 2 N–H and O–H groups in total. The first-order valence-corrected chi connectivity index (χ1v) is 16.1. The molecule has 238 valence electrons. The first kappa shape index (κ1) is 33.5. The van der Waals surface area contributed by atoms with E-state index in [1.54, 1.807) is 24.5 Å². The topological polar surface area (TPSA) is 102 Å². The van der Waals surface area contributed by atoms with Crippen LogP contribution in [0.15, 0.2) is 71.4 Å². The number of unbranched alkanes of at least 4 members (excludes halogenated alkanes) is 3. The number of rotatable bonds is 19. The Labute approximate surface area is 267 Å². The van der Waals surface area contributed by atoms with Crippen LogP contribution in [0.25, 0.3) is 22.3 Å². The van der Waals surface area contributed by atoms with Gasteiger partial charge < -0.3 is 24.4 Å². The van der Waals surface area contributed by atoms with Gasteiger partial charge >= 0.3 is 11.9 Å². The third kappa shape index (κ3) is 10.4. The van der Waals surface area contributed by atoms with Crippen molar-refractivity contribution >= 4 is 23.3 Å². The van der Waals surface area contributed by atoms with Crippen LogP contribution in [0.1, 0.15) is 56.1 Å². The zero-order chi connectivity index (χ0) is 32.0. The SMILES string of the molecule is COc1ccc(F)cc1-c1cc(OCCCCCCc2cccc(OCCCC(=O)O)c2CCC(=O)O)cc(-c2ccsc2)c1. The molecule has 0 radical (unpaired) electrons. The second kappa shape index (κ2) is 17.2. The lowest BCUT2D eigenvalue weighted by atomic mass is 9.97. The Morgan fingerprint density at radius 3 is 2.29 bits per heavy atom. The number of halogens is 1. The van der Waals surface area contributed by atoms with E-state index in [-0.39, 0.29) is 25.3 Å². The number of ether oxygens (including phenoxy) is 3. The predicted molar refractivity (Wildman–Crippen MR) is 174 cm³/mol. The van der Waals surface area contributed by atoms with E-state index in [1.165, 1.54) is 12.1 Å². The van der Waals surface area contributed by atoms with Crippen LogP contribution in [-0.2, 0) is 22.4 Å². The zero-order valence-electron chi connectivity index (χ0n) is 25.4. The average molecular weight is 635 g/mol. The van der Waals surface area contributed by atoms with E-state index in [0.717, 1.165) is 59.9 Å². The number of benzene rings is 3. The van der Waals surface area contributed by atoms with Crippen LogP contribution in [0.5, 0.6) is 17.2 Å². The maximum Gasteiger partial charge on any atom is 0.303 e. The highest BCUT2D eigenvalue weighted by Crippen LogP contribution is 2.37. The summed E-state index contributed by atoms with van der Waals surface area (Å²) < 4.78 is 31.7. The molecule has 1 aromatic heterocycles. The summed E-state index contributed by atoms with van der Waals surface area (Å²) in [6.45, 7) is 0.805. The minimum atomic E-state index is -0.871. The normalized spacial score (nSPS) is 10.9. The molecule has 0 bridgehead atoms. The van der Waals surface area contributed by atoms with Gasteiger partial charge in [-0.25, -0.2) is 4.39 Å². The molecule has 0 aliphatic heterocycles. The fraction of sp³-hybridized carbons (Fsp3) is 0.333. The molecule has 1 heterocycles. The van der Waals surface area contributed by atoms with Gasteiger partial charge in [-0.3, -0.25) is 9.59 Å². The summed E-state index contributed by atoms with van der Waals surface area (Å²) in [4.78, 5) is 22.1. The summed E-state index contributed by atoms with van der Waals surface area (Å²) in [6, 6.07) is 18.2. The van der Waals surface area contributed by atoms with Crippen molar-refractivity contribution in [2.24, 2.45) is 0 Å². The van der Waals surface area contributed by atoms with Gasteiger partial charge in [0.25, 0.3) is 0 Å². The van der Waals surface area contributed by atoms with Gasteiger partial charge in [-0.15, -0.1) is 0 Å². The van der Waals surface area contributed by atoms with Gasteiger partial charge in [0.15, 0.2) is 0 Å². The first-order valence-electron chi connectivity index (χ1n) is 15.2. The molecule has 4 aromatic rings. The van der Waals surface area contributed by atoms with Crippen molar-refractivity contribution in [3.8, 4) is 39.5 Å². The van der Waals surface area contributed by atoms with Crippen molar-refractivity contribution in [3.05, 3.63) is 88.4 Å². The van der Waals surface area contributed by atoms with Crippen LogP contribution < -0.4 is 14.2 Å². The lowest BCUT2D eigenvalue weighted by molar-refractivity contribution is -0.138.